The van der Waals surface area contributed by atoms with Crippen LogP contribution in [0.25, 0.3) is 17.2 Å². The number of carbonyl (C=O) groups excluding carboxylic acids is 1. The van der Waals surface area contributed by atoms with Gasteiger partial charge < -0.3 is 9.47 Å². The number of ether oxygens (including phenoxy) is 2. The van der Waals surface area contributed by atoms with Gasteiger partial charge in [0.25, 0.3) is 0 Å². The average molecular weight is 448 g/mol. The molecule has 0 aliphatic carbocycles. The van der Waals surface area contributed by atoms with Gasteiger partial charge in [0.05, 0.1) is 12.2 Å². The highest BCUT2D eigenvalue weighted by Crippen LogP contribution is 2.26. The number of esters is 1. The molecule has 8 heteroatoms. The lowest BCUT2D eigenvalue weighted by Crippen LogP contribution is -2.10. The molecule has 0 amide bonds. The van der Waals surface area contributed by atoms with Crippen LogP contribution in [0, 0.1) is 11.6 Å². The number of alkyl halides is 3. The molecule has 166 valence electrons. The Balaban J connectivity index is 1.72. The maximum Gasteiger partial charge on any atom is 0.409 e. The topological polar surface area (TPSA) is 35.5 Å². The Morgan fingerprint density at radius 2 is 1.38 bits per heavy atom. The van der Waals surface area contributed by atoms with Crippen molar-refractivity contribution in [2.45, 2.75) is 13.1 Å². The molecule has 0 heterocycles. The Labute approximate surface area is 180 Å². The standard InChI is InChI=1S/C24H17F5O3/c1-2-31-18-7-3-15(4-8-18)16-5-9-19(10-6-16)32-23(30)17-13-21(25)20(22(26)14-17)11-12-24(27,28)29/h3-14H,2H2,1H3/b12-11+. The maximum absolute atomic E-state index is 14.0. The number of benzene rings is 3. The lowest BCUT2D eigenvalue weighted by Gasteiger charge is -2.08. The van der Waals surface area contributed by atoms with E-state index < -0.39 is 34.9 Å². The van der Waals surface area contributed by atoms with Crippen molar-refractivity contribution in [3.63, 3.8) is 0 Å². The highest BCUT2D eigenvalue weighted by atomic mass is 19.4. The van der Waals surface area contributed by atoms with E-state index in [0.717, 1.165) is 16.9 Å². The second kappa shape index (κ2) is 9.64. The summed E-state index contributed by atoms with van der Waals surface area (Å²) in [6.07, 6.45) is -4.76. The first-order valence-electron chi connectivity index (χ1n) is 9.47. The van der Waals surface area contributed by atoms with E-state index in [4.69, 9.17) is 9.47 Å². The van der Waals surface area contributed by atoms with Crippen molar-refractivity contribution < 1.29 is 36.2 Å². The Hall–Kier alpha value is -3.68. The minimum absolute atomic E-state index is 0.131. The third-order valence-corrected chi connectivity index (χ3v) is 4.32. The van der Waals surface area contributed by atoms with E-state index in [1.54, 1.807) is 12.1 Å². The number of hydrogen-bond donors (Lipinski definition) is 0. The Kier molecular flexibility index (Phi) is 6.92. The fraction of sp³-hybridized carbons (Fsp3) is 0.125. The minimum Gasteiger partial charge on any atom is -0.494 e. The Morgan fingerprint density at radius 1 is 0.875 bits per heavy atom. The second-order valence-electron chi connectivity index (χ2n) is 6.60. The van der Waals surface area contributed by atoms with E-state index in [0.29, 0.717) is 18.7 Å². The lowest BCUT2D eigenvalue weighted by molar-refractivity contribution is -0.0790. The normalized spacial score (nSPS) is 11.6. The van der Waals surface area contributed by atoms with E-state index in [9.17, 15) is 26.7 Å². The summed E-state index contributed by atoms with van der Waals surface area (Å²) in [4.78, 5) is 12.2. The van der Waals surface area contributed by atoms with Crippen LogP contribution in [-0.2, 0) is 0 Å². The van der Waals surface area contributed by atoms with Crippen LogP contribution < -0.4 is 9.47 Å². The van der Waals surface area contributed by atoms with Crippen LogP contribution >= 0.6 is 0 Å². The SMILES string of the molecule is CCOc1ccc(-c2ccc(OC(=O)c3cc(F)c(/C=C/C(F)(F)F)c(F)c3)cc2)cc1. The van der Waals surface area contributed by atoms with Gasteiger partial charge in [0.1, 0.15) is 23.1 Å². The van der Waals surface area contributed by atoms with E-state index in [1.165, 1.54) is 12.1 Å². The van der Waals surface area contributed by atoms with Crippen LogP contribution in [0.15, 0.2) is 66.7 Å². The molecule has 0 unspecified atom stereocenters. The number of hydrogen-bond acceptors (Lipinski definition) is 3. The predicted molar refractivity (Wildman–Crippen MR) is 109 cm³/mol. The maximum atomic E-state index is 14.0. The number of rotatable bonds is 6. The van der Waals surface area contributed by atoms with Crippen molar-refractivity contribution in [3.8, 4) is 22.6 Å². The van der Waals surface area contributed by atoms with Crippen LogP contribution in [0.1, 0.15) is 22.8 Å². The van der Waals surface area contributed by atoms with Crippen LogP contribution in [0.4, 0.5) is 22.0 Å². The molecule has 0 aromatic heterocycles. The summed E-state index contributed by atoms with van der Waals surface area (Å²) in [5.74, 6) is -2.82. The summed E-state index contributed by atoms with van der Waals surface area (Å²) in [5, 5.41) is 0. The first-order valence-corrected chi connectivity index (χ1v) is 9.47. The van der Waals surface area contributed by atoms with Crippen molar-refractivity contribution in [2.75, 3.05) is 6.61 Å². The van der Waals surface area contributed by atoms with Gasteiger partial charge in [-0.1, -0.05) is 24.3 Å². The predicted octanol–water partition coefficient (Wildman–Crippen LogP) is 6.83. The molecule has 3 rings (SSSR count). The van der Waals surface area contributed by atoms with Crippen LogP contribution in [0.3, 0.4) is 0 Å². The fourth-order valence-corrected chi connectivity index (χ4v) is 2.83. The van der Waals surface area contributed by atoms with Gasteiger partial charge in [-0.15, -0.1) is 0 Å². The van der Waals surface area contributed by atoms with E-state index in [2.05, 4.69) is 0 Å². The quantitative estimate of drug-likeness (QED) is 0.236. The highest BCUT2D eigenvalue weighted by Gasteiger charge is 2.23. The van der Waals surface area contributed by atoms with Crippen molar-refractivity contribution in [3.05, 3.63) is 89.5 Å². The summed E-state index contributed by atoms with van der Waals surface area (Å²) in [5.41, 5.74) is 0.363. The summed E-state index contributed by atoms with van der Waals surface area (Å²) in [6, 6.07) is 15.0. The number of halogens is 5. The zero-order valence-corrected chi connectivity index (χ0v) is 16.7. The Bertz CT molecular complexity index is 1090. The number of allylic oxidation sites excluding steroid dienone is 1. The van der Waals surface area contributed by atoms with Crippen LogP contribution in [0.5, 0.6) is 11.5 Å². The van der Waals surface area contributed by atoms with Gasteiger partial charge in [0.2, 0.25) is 0 Å². The molecule has 0 radical (unpaired) electrons. The number of carbonyl (C=O) groups is 1. The summed E-state index contributed by atoms with van der Waals surface area (Å²) in [7, 11) is 0. The van der Waals surface area contributed by atoms with Gasteiger partial charge in [-0.05, 0) is 60.5 Å². The molecule has 3 aromatic rings. The zero-order valence-electron chi connectivity index (χ0n) is 16.7. The minimum atomic E-state index is -4.73. The summed E-state index contributed by atoms with van der Waals surface area (Å²) in [6.45, 7) is 2.44. The average Bonchev–Trinajstić information content (AvgIpc) is 2.73. The molecule has 3 aromatic carbocycles. The molecule has 0 fully saturated rings. The van der Waals surface area contributed by atoms with Gasteiger partial charge in [0, 0.05) is 11.6 Å². The first-order chi connectivity index (χ1) is 15.2. The first kappa shape index (κ1) is 23.0. The monoisotopic (exact) mass is 448 g/mol. The lowest BCUT2D eigenvalue weighted by atomic mass is 10.1. The van der Waals surface area contributed by atoms with Gasteiger partial charge in [0.15, 0.2) is 0 Å². The molecule has 3 nitrogen and oxygen atoms in total. The van der Waals surface area contributed by atoms with E-state index in [1.807, 2.05) is 31.2 Å². The van der Waals surface area contributed by atoms with Gasteiger partial charge in [-0.25, -0.2) is 13.6 Å². The third-order valence-electron chi connectivity index (χ3n) is 4.32. The molecule has 0 saturated carbocycles. The van der Waals surface area contributed by atoms with Crippen molar-refractivity contribution in [2.24, 2.45) is 0 Å². The zero-order chi connectivity index (χ0) is 23.3. The molecule has 0 spiro atoms. The smallest absolute Gasteiger partial charge is 0.409 e. The molecular formula is C24H17F5O3. The molecule has 0 aliphatic rings. The van der Waals surface area contributed by atoms with Crippen LogP contribution in [-0.4, -0.2) is 18.8 Å². The molecule has 0 saturated heterocycles. The molecule has 0 bridgehead atoms. The van der Waals surface area contributed by atoms with Crippen molar-refractivity contribution in [1.82, 2.24) is 0 Å². The summed E-state index contributed by atoms with van der Waals surface area (Å²) < 4.78 is 75.2. The molecule has 32 heavy (non-hydrogen) atoms. The van der Waals surface area contributed by atoms with Gasteiger partial charge in [-0.3, -0.25) is 0 Å². The Morgan fingerprint density at radius 3 is 1.84 bits per heavy atom. The van der Waals surface area contributed by atoms with Crippen LogP contribution in [0.2, 0.25) is 0 Å². The highest BCUT2D eigenvalue weighted by molar-refractivity contribution is 5.91. The summed E-state index contributed by atoms with van der Waals surface area (Å²) >= 11 is 0. The largest absolute Gasteiger partial charge is 0.494 e. The second-order valence-corrected chi connectivity index (χ2v) is 6.60. The van der Waals surface area contributed by atoms with E-state index >= 15 is 0 Å². The molecule has 0 N–H and O–H groups in total. The molecule has 0 aliphatic heterocycles. The van der Waals surface area contributed by atoms with E-state index in [-0.39, 0.29) is 17.9 Å². The van der Waals surface area contributed by atoms with Gasteiger partial charge in [-0.2, -0.15) is 13.2 Å². The van der Waals surface area contributed by atoms with Crippen molar-refractivity contribution >= 4 is 12.0 Å². The van der Waals surface area contributed by atoms with Gasteiger partial charge >= 0.3 is 12.1 Å². The molecule has 0 atom stereocenters. The van der Waals surface area contributed by atoms with Crippen molar-refractivity contribution in [1.29, 1.82) is 0 Å². The third kappa shape index (κ3) is 5.94. The molecular weight excluding hydrogens is 431 g/mol. The fourth-order valence-electron chi connectivity index (χ4n) is 2.83.